The lowest BCUT2D eigenvalue weighted by molar-refractivity contribution is 0.200. The molecule has 0 aliphatic carbocycles. The van der Waals surface area contributed by atoms with Gasteiger partial charge in [-0.15, -0.1) is 0 Å². The minimum atomic E-state index is -3.69. The van der Waals surface area contributed by atoms with Gasteiger partial charge >= 0.3 is 7.60 Å². The van der Waals surface area contributed by atoms with Crippen molar-refractivity contribution in [1.82, 2.24) is 4.98 Å². The summed E-state index contributed by atoms with van der Waals surface area (Å²) in [4.78, 5) is 4.45. The van der Waals surface area contributed by atoms with Gasteiger partial charge in [0.25, 0.3) is 0 Å². The number of pyridine rings is 1. The van der Waals surface area contributed by atoms with Crippen LogP contribution in [0.3, 0.4) is 0 Å². The van der Waals surface area contributed by atoms with Gasteiger partial charge in [-0.3, -0.25) is 4.52 Å². The Hall–Kier alpha value is -2.24. The van der Waals surface area contributed by atoms with Gasteiger partial charge in [-0.25, -0.2) is 9.55 Å². The first-order chi connectivity index (χ1) is 14.5. The Morgan fingerprint density at radius 1 is 1.00 bits per heavy atom. The normalized spacial score (nSPS) is 14.3. The van der Waals surface area contributed by atoms with Crippen LogP contribution in [0.2, 0.25) is 0 Å². The molecular weight excluding hydrogens is 415 g/mol. The van der Waals surface area contributed by atoms with Gasteiger partial charge in [-0.1, -0.05) is 13.8 Å². The molecule has 2 rings (SSSR count). The molecule has 0 amide bonds. The number of ether oxygens (including phenoxy) is 2. The number of aryl methyl sites for hydroxylation is 2. The molecule has 1 N–H and O–H groups in total. The number of hydrogen-bond acceptors (Lipinski definition) is 7. The summed E-state index contributed by atoms with van der Waals surface area (Å²) in [6, 6.07) is 5.37. The van der Waals surface area contributed by atoms with Crippen LogP contribution < -0.4 is 19.3 Å². The first kappa shape index (κ1) is 25.0. The summed E-state index contributed by atoms with van der Waals surface area (Å²) in [5.41, 5.74) is 2.89. The van der Waals surface area contributed by atoms with Crippen LogP contribution in [0.25, 0.3) is 0 Å². The highest BCUT2D eigenvalue weighted by atomic mass is 31.2. The second-order valence-corrected chi connectivity index (χ2v) is 10.2. The van der Waals surface area contributed by atoms with Gasteiger partial charge in [0.15, 0.2) is 11.5 Å². The second kappa shape index (κ2) is 10.4. The van der Waals surface area contributed by atoms with Gasteiger partial charge in [0.2, 0.25) is 0 Å². The number of methoxy groups -OCH3 is 2. The van der Waals surface area contributed by atoms with E-state index in [2.05, 4.69) is 10.3 Å². The summed E-state index contributed by atoms with van der Waals surface area (Å²) in [6.45, 7) is 13.5. The predicted molar refractivity (Wildman–Crippen MR) is 125 cm³/mol. The molecule has 2 unspecified atom stereocenters. The molecule has 0 fully saturated rings. The molecule has 2 aromatic rings. The van der Waals surface area contributed by atoms with Gasteiger partial charge in [-0.2, -0.15) is 0 Å². The largest absolute Gasteiger partial charge is 0.493 e. The first-order valence-electron chi connectivity index (χ1n) is 10.4. The van der Waals surface area contributed by atoms with Crippen LogP contribution in [0.4, 0.5) is 5.82 Å². The first-order valence-corrected chi connectivity index (χ1v) is 12.0. The van der Waals surface area contributed by atoms with Crippen LogP contribution in [-0.4, -0.2) is 31.1 Å². The van der Waals surface area contributed by atoms with E-state index in [0.717, 1.165) is 16.7 Å². The van der Waals surface area contributed by atoms with Gasteiger partial charge in [-0.05, 0) is 69.4 Å². The Morgan fingerprint density at radius 3 is 2.23 bits per heavy atom. The maximum absolute atomic E-state index is 14.2. The van der Waals surface area contributed by atoms with Gasteiger partial charge < -0.3 is 19.3 Å². The Morgan fingerprint density at radius 2 is 1.68 bits per heavy atom. The number of benzene rings is 1. The van der Waals surface area contributed by atoms with E-state index >= 15 is 0 Å². The zero-order valence-electron chi connectivity index (χ0n) is 20.0. The molecule has 0 bridgehead atoms. The lowest BCUT2D eigenvalue weighted by Crippen LogP contribution is -2.30. The number of anilines is 1. The number of aromatic nitrogens is 1. The van der Waals surface area contributed by atoms with E-state index in [0.29, 0.717) is 23.1 Å². The Kier molecular flexibility index (Phi) is 8.38. The molecule has 0 spiro atoms. The number of hydrogen-bond donors (Lipinski definition) is 1. The van der Waals surface area contributed by atoms with Gasteiger partial charge in [0, 0.05) is 12.3 Å². The van der Waals surface area contributed by atoms with E-state index in [1.807, 2.05) is 54.5 Å². The van der Waals surface area contributed by atoms with Crippen LogP contribution in [0.5, 0.6) is 17.2 Å². The minimum absolute atomic E-state index is 0.0625. The smallest absolute Gasteiger partial charge is 0.401 e. The molecule has 31 heavy (non-hydrogen) atoms. The van der Waals surface area contributed by atoms with Crippen molar-refractivity contribution >= 4 is 13.4 Å². The fraction of sp³-hybridized carbons (Fsp3) is 0.522. The van der Waals surface area contributed by atoms with Crippen molar-refractivity contribution < 1.29 is 23.1 Å². The molecule has 7 nitrogen and oxygen atoms in total. The van der Waals surface area contributed by atoms with E-state index in [-0.39, 0.29) is 12.0 Å². The highest BCUT2D eigenvalue weighted by Gasteiger charge is 2.41. The summed E-state index contributed by atoms with van der Waals surface area (Å²) in [5.74, 6) is 1.48. The van der Waals surface area contributed by atoms with Crippen molar-refractivity contribution in [2.45, 2.75) is 60.4 Å². The third-order valence-electron chi connectivity index (χ3n) is 4.96. The SMILES string of the molecule is COc1cc(OP(=O)(OC(C)C)C(Nc2nccc(C)c2C)C(C)C)cc(C)c1OC. The molecule has 0 radical (unpaired) electrons. The molecule has 0 saturated heterocycles. The van der Waals surface area contributed by atoms with Gasteiger partial charge in [0.05, 0.1) is 20.3 Å². The molecule has 1 aromatic carbocycles. The molecule has 0 aliphatic rings. The summed E-state index contributed by atoms with van der Waals surface area (Å²) in [6.07, 6.45) is 1.43. The predicted octanol–water partition coefficient (Wildman–Crippen LogP) is 6.12. The second-order valence-electron chi connectivity index (χ2n) is 8.20. The summed E-state index contributed by atoms with van der Waals surface area (Å²) in [7, 11) is -0.556. The van der Waals surface area contributed by atoms with E-state index in [4.69, 9.17) is 18.5 Å². The van der Waals surface area contributed by atoms with E-state index < -0.39 is 13.4 Å². The van der Waals surface area contributed by atoms with Crippen LogP contribution in [-0.2, 0) is 9.09 Å². The van der Waals surface area contributed by atoms with E-state index in [9.17, 15) is 4.57 Å². The van der Waals surface area contributed by atoms with Crippen molar-refractivity contribution in [3.05, 3.63) is 41.1 Å². The Labute approximate surface area is 186 Å². The maximum Gasteiger partial charge on any atom is 0.401 e. The third-order valence-corrected chi connectivity index (χ3v) is 7.55. The summed E-state index contributed by atoms with van der Waals surface area (Å²) >= 11 is 0. The van der Waals surface area contributed by atoms with Crippen molar-refractivity contribution in [2.24, 2.45) is 5.92 Å². The Balaban J connectivity index is 2.50. The highest BCUT2D eigenvalue weighted by molar-refractivity contribution is 7.55. The van der Waals surface area contributed by atoms with E-state index in [1.54, 1.807) is 32.5 Å². The monoisotopic (exact) mass is 450 g/mol. The molecule has 8 heteroatoms. The van der Waals surface area contributed by atoms with Crippen molar-refractivity contribution in [3.8, 4) is 17.2 Å². The Bertz CT molecular complexity index is 946. The molecule has 2 atom stereocenters. The topological polar surface area (TPSA) is 78.9 Å². The number of nitrogens with one attached hydrogen (secondary N) is 1. The lowest BCUT2D eigenvalue weighted by Gasteiger charge is -2.32. The number of rotatable bonds is 10. The molecule has 0 aliphatic heterocycles. The molecule has 1 heterocycles. The van der Waals surface area contributed by atoms with Crippen molar-refractivity contribution in [1.29, 1.82) is 0 Å². The number of nitrogens with zero attached hydrogens (tertiary/aromatic N) is 1. The van der Waals surface area contributed by atoms with Crippen LogP contribution in [0, 0.1) is 26.7 Å². The molecule has 0 saturated carbocycles. The minimum Gasteiger partial charge on any atom is -0.493 e. The molecule has 1 aromatic heterocycles. The van der Waals surface area contributed by atoms with Crippen LogP contribution in [0.15, 0.2) is 24.4 Å². The molecular formula is C23H35N2O5P. The zero-order valence-corrected chi connectivity index (χ0v) is 20.9. The average Bonchev–Trinajstić information content (AvgIpc) is 2.67. The average molecular weight is 451 g/mol. The summed E-state index contributed by atoms with van der Waals surface area (Å²) < 4.78 is 37.1. The van der Waals surface area contributed by atoms with Crippen molar-refractivity contribution in [2.75, 3.05) is 19.5 Å². The van der Waals surface area contributed by atoms with Crippen LogP contribution >= 0.6 is 7.60 Å². The standard InChI is InChI=1S/C23H35N2O5P/c1-14(2)23(25-22-18(7)16(5)10-11-24-22)31(26,29-15(3)4)30-19-12-17(6)21(28-9)20(13-19)27-8/h10-15,23H,1-9H3,(H,24,25). The lowest BCUT2D eigenvalue weighted by atomic mass is 10.1. The zero-order chi connectivity index (χ0) is 23.3. The quantitative estimate of drug-likeness (QED) is 0.437. The summed E-state index contributed by atoms with van der Waals surface area (Å²) in [5, 5.41) is 3.34. The van der Waals surface area contributed by atoms with Crippen LogP contribution in [0.1, 0.15) is 44.4 Å². The highest BCUT2D eigenvalue weighted by Crippen LogP contribution is 2.57. The maximum atomic E-state index is 14.2. The van der Waals surface area contributed by atoms with E-state index in [1.165, 1.54) is 0 Å². The van der Waals surface area contributed by atoms with Gasteiger partial charge in [0.1, 0.15) is 17.4 Å². The molecule has 172 valence electrons. The van der Waals surface area contributed by atoms with Crippen molar-refractivity contribution in [3.63, 3.8) is 0 Å². The fourth-order valence-corrected chi connectivity index (χ4v) is 5.57. The fourth-order valence-electron chi connectivity index (χ4n) is 3.29. The third kappa shape index (κ3) is 5.92.